The van der Waals surface area contributed by atoms with Gasteiger partial charge in [0.15, 0.2) is 0 Å². The molecule has 0 aliphatic carbocycles. The van der Waals surface area contributed by atoms with Crippen LogP contribution < -0.4 is 10.6 Å². The van der Waals surface area contributed by atoms with Crippen LogP contribution in [0, 0.1) is 5.82 Å². The summed E-state index contributed by atoms with van der Waals surface area (Å²) in [6, 6.07) is 5.81. The molecule has 1 fully saturated rings. The number of piperidine rings is 1. The van der Waals surface area contributed by atoms with E-state index in [9.17, 15) is 9.18 Å². The van der Waals surface area contributed by atoms with Crippen LogP contribution >= 0.6 is 0 Å². The van der Waals surface area contributed by atoms with Crippen LogP contribution in [0.1, 0.15) is 19.8 Å². The Labute approximate surface area is 112 Å². The summed E-state index contributed by atoms with van der Waals surface area (Å²) < 4.78 is 18.6. The predicted octanol–water partition coefficient (Wildman–Crippen LogP) is 1.92. The third kappa shape index (κ3) is 4.29. The van der Waals surface area contributed by atoms with Gasteiger partial charge in [-0.05, 0) is 44.5 Å². The predicted molar refractivity (Wildman–Crippen MR) is 71.5 cm³/mol. The Hall–Kier alpha value is -1.46. The standard InChI is InChI=1S/C14H19FN2O2/c1-14(6-3-7-16-10-14)19-9-13(18)17-12-5-2-4-11(15)8-12/h2,4-5,8,16H,3,6-7,9-10H2,1H3,(H,17,18). The number of anilines is 1. The van der Waals surface area contributed by atoms with Crippen LogP contribution in [0.5, 0.6) is 0 Å². The highest BCUT2D eigenvalue weighted by atomic mass is 19.1. The van der Waals surface area contributed by atoms with Crippen molar-refractivity contribution in [3.05, 3.63) is 30.1 Å². The molecule has 2 N–H and O–H groups in total. The lowest BCUT2D eigenvalue weighted by atomic mass is 9.96. The van der Waals surface area contributed by atoms with Gasteiger partial charge >= 0.3 is 0 Å². The molecule has 0 spiro atoms. The minimum absolute atomic E-state index is 0.0192. The number of carbonyl (C=O) groups is 1. The first-order chi connectivity index (χ1) is 9.07. The number of hydrogen-bond donors (Lipinski definition) is 2. The van der Waals surface area contributed by atoms with E-state index in [1.54, 1.807) is 12.1 Å². The van der Waals surface area contributed by atoms with E-state index in [0.717, 1.165) is 25.9 Å². The molecule has 4 nitrogen and oxygen atoms in total. The summed E-state index contributed by atoms with van der Waals surface area (Å²) in [5.74, 6) is -0.639. The third-order valence-corrected chi connectivity index (χ3v) is 3.22. The van der Waals surface area contributed by atoms with Crippen LogP contribution in [0.25, 0.3) is 0 Å². The average molecular weight is 266 g/mol. The molecular formula is C14H19FN2O2. The lowest BCUT2D eigenvalue weighted by Gasteiger charge is -2.33. The Bertz CT molecular complexity index is 445. The van der Waals surface area contributed by atoms with Gasteiger partial charge in [-0.25, -0.2) is 4.39 Å². The fourth-order valence-corrected chi connectivity index (χ4v) is 2.15. The fraction of sp³-hybridized carbons (Fsp3) is 0.500. The minimum atomic E-state index is -0.373. The van der Waals surface area contributed by atoms with E-state index in [4.69, 9.17) is 4.74 Å². The second-order valence-corrected chi connectivity index (χ2v) is 5.08. The van der Waals surface area contributed by atoms with Crippen molar-refractivity contribution >= 4 is 11.6 Å². The molecule has 1 unspecified atom stereocenters. The molecule has 1 aromatic rings. The van der Waals surface area contributed by atoms with Crippen LogP contribution in [-0.4, -0.2) is 31.2 Å². The number of benzene rings is 1. The number of amides is 1. The van der Waals surface area contributed by atoms with Gasteiger partial charge < -0.3 is 15.4 Å². The zero-order valence-electron chi connectivity index (χ0n) is 11.0. The second-order valence-electron chi connectivity index (χ2n) is 5.08. The Morgan fingerprint density at radius 3 is 3.11 bits per heavy atom. The first-order valence-electron chi connectivity index (χ1n) is 6.48. The fourth-order valence-electron chi connectivity index (χ4n) is 2.15. The van der Waals surface area contributed by atoms with Crippen LogP contribution in [0.3, 0.4) is 0 Å². The van der Waals surface area contributed by atoms with Gasteiger partial charge in [-0.1, -0.05) is 6.07 Å². The summed E-state index contributed by atoms with van der Waals surface area (Å²) >= 11 is 0. The first-order valence-corrected chi connectivity index (χ1v) is 6.48. The van der Waals surface area contributed by atoms with E-state index in [-0.39, 0.29) is 23.9 Å². The smallest absolute Gasteiger partial charge is 0.250 e. The van der Waals surface area contributed by atoms with Gasteiger partial charge in [0.05, 0.1) is 5.60 Å². The maximum atomic E-state index is 13.0. The van der Waals surface area contributed by atoms with Crippen molar-refractivity contribution in [3.63, 3.8) is 0 Å². The summed E-state index contributed by atoms with van der Waals surface area (Å²) in [5, 5.41) is 5.87. The average Bonchev–Trinajstić information content (AvgIpc) is 2.38. The zero-order valence-corrected chi connectivity index (χ0v) is 11.0. The highest BCUT2D eigenvalue weighted by molar-refractivity contribution is 5.91. The van der Waals surface area contributed by atoms with Crippen molar-refractivity contribution in [1.82, 2.24) is 5.32 Å². The van der Waals surface area contributed by atoms with E-state index in [0.29, 0.717) is 5.69 Å². The number of hydrogen-bond acceptors (Lipinski definition) is 3. The van der Waals surface area contributed by atoms with Crippen LogP contribution in [-0.2, 0) is 9.53 Å². The Kier molecular flexibility index (Phi) is 4.50. The number of rotatable bonds is 4. The topological polar surface area (TPSA) is 50.4 Å². The molecule has 5 heteroatoms. The van der Waals surface area contributed by atoms with Gasteiger partial charge in [-0.2, -0.15) is 0 Å². The summed E-state index contributed by atoms with van der Waals surface area (Å²) in [4.78, 5) is 11.7. The first kappa shape index (κ1) is 14.0. The summed E-state index contributed by atoms with van der Waals surface area (Å²) in [7, 11) is 0. The molecule has 1 heterocycles. The van der Waals surface area contributed by atoms with Crippen molar-refractivity contribution in [2.24, 2.45) is 0 Å². The molecule has 1 saturated heterocycles. The maximum Gasteiger partial charge on any atom is 0.250 e. The van der Waals surface area contributed by atoms with Gasteiger partial charge in [0.25, 0.3) is 0 Å². The monoisotopic (exact) mass is 266 g/mol. The Morgan fingerprint density at radius 2 is 2.42 bits per heavy atom. The molecule has 1 aliphatic heterocycles. The van der Waals surface area contributed by atoms with Gasteiger partial charge in [-0.15, -0.1) is 0 Å². The molecule has 1 amide bonds. The Balaban J connectivity index is 1.81. The van der Waals surface area contributed by atoms with E-state index in [2.05, 4.69) is 10.6 Å². The molecular weight excluding hydrogens is 247 g/mol. The molecule has 0 aromatic heterocycles. The third-order valence-electron chi connectivity index (χ3n) is 3.22. The Morgan fingerprint density at radius 1 is 1.58 bits per heavy atom. The van der Waals surface area contributed by atoms with Gasteiger partial charge in [0.2, 0.25) is 5.91 Å². The molecule has 0 saturated carbocycles. The van der Waals surface area contributed by atoms with Gasteiger partial charge in [0, 0.05) is 12.2 Å². The summed E-state index contributed by atoms with van der Waals surface area (Å²) in [6.07, 6.45) is 1.98. The number of halogens is 1. The second kappa shape index (κ2) is 6.12. The van der Waals surface area contributed by atoms with Crippen LogP contribution in [0.4, 0.5) is 10.1 Å². The molecule has 19 heavy (non-hydrogen) atoms. The number of ether oxygens (including phenoxy) is 1. The summed E-state index contributed by atoms with van der Waals surface area (Å²) in [5.41, 5.74) is 0.151. The highest BCUT2D eigenvalue weighted by Crippen LogP contribution is 2.19. The van der Waals surface area contributed by atoms with Crippen molar-refractivity contribution in [1.29, 1.82) is 0 Å². The molecule has 1 atom stereocenters. The minimum Gasteiger partial charge on any atom is -0.364 e. The highest BCUT2D eigenvalue weighted by Gasteiger charge is 2.28. The van der Waals surface area contributed by atoms with Crippen molar-refractivity contribution in [2.75, 3.05) is 25.0 Å². The van der Waals surface area contributed by atoms with E-state index < -0.39 is 0 Å². The molecule has 0 bridgehead atoms. The van der Waals surface area contributed by atoms with Crippen molar-refractivity contribution in [2.45, 2.75) is 25.4 Å². The van der Waals surface area contributed by atoms with Crippen LogP contribution in [0.15, 0.2) is 24.3 Å². The molecule has 2 rings (SSSR count). The van der Waals surface area contributed by atoms with Gasteiger partial charge in [0.1, 0.15) is 12.4 Å². The molecule has 1 aliphatic rings. The normalized spacial score (nSPS) is 23.1. The van der Waals surface area contributed by atoms with Gasteiger partial charge in [-0.3, -0.25) is 4.79 Å². The SMILES string of the molecule is CC1(OCC(=O)Nc2cccc(F)c2)CCCNC1. The number of carbonyl (C=O) groups excluding carboxylic acids is 1. The van der Waals surface area contributed by atoms with E-state index >= 15 is 0 Å². The van der Waals surface area contributed by atoms with Crippen LogP contribution in [0.2, 0.25) is 0 Å². The molecule has 1 aromatic carbocycles. The van der Waals surface area contributed by atoms with Crippen molar-refractivity contribution < 1.29 is 13.9 Å². The molecule has 0 radical (unpaired) electrons. The molecule has 104 valence electrons. The van der Waals surface area contributed by atoms with E-state index in [1.165, 1.54) is 12.1 Å². The largest absolute Gasteiger partial charge is 0.364 e. The van der Waals surface area contributed by atoms with Crippen molar-refractivity contribution in [3.8, 4) is 0 Å². The quantitative estimate of drug-likeness (QED) is 0.875. The maximum absolute atomic E-state index is 13.0. The lowest BCUT2D eigenvalue weighted by molar-refractivity contribution is -0.128. The van der Waals surface area contributed by atoms with E-state index in [1.807, 2.05) is 6.92 Å². The number of nitrogens with one attached hydrogen (secondary N) is 2. The zero-order chi connectivity index (χ0) is 13.7. The lowest BCUT2D eigenvalue weighted by Crippen LogP contribution is -2.46. The summed E-state index contributed by atoms with van der Waals surface area (Å²) in [6.45, 7) is 3.72.